The number of hydrogen-bond acceptors (Lipinski definition) is 5. The van der Waals surface area contributed by atoms with Crippen molar-refractivity contribution in [3.63, 3.8) is 0 Å². The number of hydrogen-bond donors (Lipinski definition) is 1. The number of benzene rings is 1. The standard InChI is InChI=1S/C13H13FN2O3/c1-18-13(5-2-6-13)12-15-11(19-16-12)9-7-8(14)3-4-10(9)17/h3-4,7,17H,2,5-6H2,1H3. The van der Waals surface area contributed by atoms with Crippen LogP contribution >= 0.6 is 0 Å². The minimum Gasteiger partial charge on any atom is -0.507 e. The molecular weight excluding hydrogens is 251 g/mol. The summed E-state index contributed by atoms with van der Waals surface area (Å²) in [5.41, 5.74) is -0.311. The molecule has 0 atom stereocenters. The molecule has 1 N–H and O–H groups in total. The highest BCUT2D eigenvalue weighted by atomic mass is 19.1. The highest BCUT2D eigenvalue weighted by Crippen LogP contribution is 2.43. The lowest BCUT2D eigenvalue weighted by atomic mass is 9.79. The van der Waals surface area contributed by atoms with Crippen molar-refractivity contribution in [2.75, 3.05) is 7.11 Å². The maximum absolute atomic E-state index is 13.2. The number of phenolic OH excluding ortho intramolecular Hbond substituents is 1. The van der Waals surface area contributed by atoms with Gasteiger partial charge in [0.15, 0.2) is 0 Å². The van der Waals surface area contributed by atoms with Gasteiger partial charge in [-0.25, -0.2) is 4.39 Å². The molecule has 1 aromatic heterocycles. The van der Waals surface area contributed by atoms with Crippen molar-refractivity contribution in [1.82, 2.24) is 10.1 Å². The number of aromatic nitrogens is 2. The Morgan fingerprint density at radius 2 is 2.21 bits per heavy atom. The van der Waals surface area contributed by atoms with Crippen molar-refractivity contribution in [3.8, 4) is 17.2 Å². The molecule has 0 bridgehead atoms. The normalized spacial score (nSPS) is 17.2. The lowest BCUT2D eigenvalue weighted by molar-refractivity contribution is -0.0858. The van der Waals surface area contributed by atoms with Gasteiger partial charge in [-0.15, -0.1) is 0 Å². The van der Waals surface area contributed by atoms with Gasteiger partial charge in [0.2, 0.25) is 5.82 Å². The second-order valence-electron chi connectivity index (χ2n) is 4.64. The third kappa shape index (κ3) is 1.88. The average Bonchev–Trinajstić information content (AvgIpc) is 2.81. The van der Waals surface area contributed by atoms with E-state index < -0.39 is 11.4 Å². The zero-order valence-electron chi connectivity index (χ0n) is 10.4. The average molecular weight is 264 g/mol. The van der Waals surface area contributed by atoms with Crippen molar-refractivity contribution in [2.24, 2.45) is 0 Å². The Morgan fingerprint density at radius 1 is 1.42 bits per heavy atom. The van der Waals surface area contributed by atoms with Gasteiger partial charge in [-0.3, -0.25) is 0 Å². The summed E-state index contributed by atoms with van der Waals surface area (Å²) in [6, 6.07) is 3.58. The van der Waals surface area contributed by atoms with Gasteiger partial charge in [0.1, 0.15) is 17.2 Å². The SMILES string of the molecule is COC1(c2noc(-c3cc(F)ccc3O)n2)CCC1. The Hall–Kier alpha value is -1.95. The van der Waals surface area contributed by atoms with Crippen molar-refractivity contribution >= 4 is 0 Å². The molecule has 100 valence electrons. The molecular formula is C13H13FN2O3. The molecule has 0 aliphatic heterocycles. The fourth-order valence-electron chi connectivity index (χ4n) is 2.21. The summed E-state index contributed by atoms with van der Waals surface area (Å²) in [6.07, 6.45) is 2.71. The first-order chi connectivity index (χ1) is 9.14. The minimum absolute atomic E-state index is 0.0929. The number of ether oxygens (including phenoxy) is 1. The van der Waals surface area contributed by atoms with E-state index in [9.17, 15) is 9.50 Å². The first-order valence-electron chi connectivity index (χ1n) is 6.03. The number of phenols is 1. The van der Waals surface area contributed by atoms with Crippen LogP contribution in [0.25, 0.3) is 11.5 Å². The van der Waals surface area contributed by atoms with Crippen LogP contribution in [0.4, 0.5) is 4.39 Å². The lowest BCUT2D eigenvalue weighted by Gasteiger charge is -2.37. The Bertz CT molecular complexity index is 602. The monoisotopic (exact) mass is 264 g/mol. The predicted molar refractivity (Wildman–Crippen MR) is 63.9 cm³/mol. The van der Waals surface area contributed by atoms with Crippen molar-refractivity contribution < 1.29 is 18.8 Å². The number of halogens is 1. The van der Waals surface area contributed by atoms with Gasteiger partial charge in [-0.2, -0.15) is 4.98 Å². The van der Waals surface area contributed by atoms with Crippen molar-refractivity contribution in [3.05, 3.63) is 29.8 Å². The van der Waals surface area contributed by atoms with E-state index in [0.29, 0.717) is 5.82 Å². The number of aromatic hydroxyl groups is 1. The topological polar surface area (TPSA) is 68.4 Å². The second kappa shape index (κ2) is 4.31. The first-order valence-corrected chi connectivity index (χ1v) is 6.03. The van der Waals surface area contributed by atoms with Crippen LogP contribution in [0, 0.1) is 5.82 Å². The summed E-state index contributed by atoms with van der Waals surface area (Å²) in [7, 11) is 1.61. The second-order valence-corrected chi connectivity index (χ2v) is 4.64. The van der Waals surface area contributed by atoms with Crippen molar-refractivity contribution in [1.29, 1.82) is 0 Å². The fourth-order valence-corrected chi connectivity index (χ4v) is 2.21. The highest BCUT2D eigenvalue weighted by Gasteiger charge is 2.43. The molecule has 0 amide bonds. The molecule has 1 aromatic carbocycles. The molecule has 1 aliphatic carbocycles. The smallest absolute Gasteiger partial charge is 0.261 e. The molecule has 2 aromatic rings. The first kappa shape index (κ1) is 12.1. The summed E-state index contributed by atoms with van der Waals surface area (Å²) in [4.78, 5) is 4.22. The zero-order chi connectivity index (χ0) is 13.5. The largest absolute Gasteiger partial charge is 0.507 e. The van der Waals surface area contributed by atoms with Gasteiger partial charge in [0, 0.05) is 7.11 Å². The predicted octanol–water partition coefficient (Wildman–Crippen LogP) is 2.61. The molecule has 0 spiro atoms. The lowest BCUT2D eigenvalue weighted by Crippen LogP contribution is -2.37. The van der Waals surface area contributed by atoms with Crippen molar-refractivity contribution in [2.45, 2.75) is 24.9 Å². The van der Waals surface area contributed by atoms with E-state index in [2.05, 4.69) is 10.1 Å². The zero-order valence-corrected chi connectivity index (χ0v) is 10.4. The van der Waals surface area contributed by atoms with Gasteiger partial charge in [-0.05, 0) is 37.5 Å². The fraction of sp³-hybridized carbons (Fsp3) is 0.385. The summed E-state index contributed by atoms with van der Waals surface area (Å²) in [5, 5.41) is 13.6. The quantitative estimate of drug-likeness (QED) is 0.922. The van der Waals surface area contributed by atoms with Gasteiger partial charge in [0.25, 0.3) is 5.89 Å². The van der Waals surface area contributed by atoms with Gasteiger partial charge < -0.3 is 14.4 Å². The van der Waals surface area contributed by atoms with E-state index in [0.717, 1.165) is 25.3 Å². The van der Waals surface area contributed by atoms with E-state index in [1.54, 1.807) is 7.11 Å². The van der Waals surface area contributed by atoms with E-state index >= 15 is 0 Å². The van der Waals surface area contributed by atoms with Gasteiger partial charge in [0.05, 0.1) is 5.56 Å². The minimum atomic E-state index is -0.495. The molecule has 1 saturated carbocycles. The summed E-state index contributed by atoms with van der Waals surface area (Å²) >= 11 is 0. The molecule has 3 rings (SSSR count). The third-order valence-electron chi connectivity index (χ3n) is 3.57. The maximum atomic E-state index is 13.2. The number of rotatable bonds is 3. The van der Waals surface area contributed by atoms with Crippen LogP contribution in [0.1, 0.15) is 25.1 Å². The Morgan fingerprint density at radius 3 is 2.84 bits per heavy atom. The van der Waals surface area contributed by atoms with Gasteiger partial charge in [-0.1, -0.05) is 5.16 Å². The van der Waals surface area contributed by atoms with Crippen LogP contribution < -0.4 is 0 Å². The highest BCUT2D eigenvalue weighted by molar-refractivity contribution is 5.61. The molecule has 19 heavy (non-hydrogen) atoms. The van der Waals surface area contributed by atoms with Crippen LogP contribution in [0.3, 0.4) is 0 Å². The Balaban J connectivity index is 1.99. The molecule has 0 unspecified atom stereocenters. The van der Waals surface area contributed by atoms with E-state index in [1.165, 1.54) is 12.1 Å². The summed E-state index contributed by atoms with van der Waals surface area (Å²) in [6.45, 7) is 0. The molecule has 5 nitrogen and oxygen atoms in total. The Labute approximate surface area is 109 Å². The Kier molecular flexibility index (Phi) is 2.74. The van der Waals surface area contributed by atoms with Crippen LogP contribution in [-0.2, 0) is 10.3 Å². The molecule has 1 fully saturated rings. The summed E-state index contributed by atoms with van der Waals surface area (Å²) in [5.74, 6) is -0.0374. The van der Waals surface area contributed by atoms with Gasteiger partial charge >= 0.3 is 0 Å². The number of nitrogens with zero attached hydrogens (tertiary/aromatic N) is 2. The summed E-state index contributed by atoms with van der Waals surface area (Å²) < 4.78 is 23.7. The molecule has 6 heteroatoms. The number of methoxy groups -OCH3 is 1. The van der Waals surface area contributed by atoms with E-state index in [1.807, 2.05) is 0 Å². The van der Waals surface area contributed by atoms with Crippen LogP contribution in [0.5, 0.6) is 5.75 Å². The molecule has 1 heterocycles. The third-order valence-corrected chi connectivity index (χ3v) is 3.57. The van der Waals surface area contributed by atoms with Crippen LogP contribution in [0.15, 0.2) is 22.7 Å². The molecule has 0 saturated heterocycles. The maximum Gasteiger partial charge on any atom is 0.261 e. The molecule has 1 aliphatic rings. The van der Waals surface area contributed by atoms with Crippen LogP contribution in [0.2, 0.25) is 0 Å². The van der Waals surface area contributed by atoms with E-state index in [-0.39, 0.29) is 17.2 Å². The van der Waals surface area contributed by atoms with E-state index in [4.69, 9.17) is 9.26 Å². The molecule has 0 radical (unpaired) electrons. The van der Waals surface area contributed by atoms with Crippen LogP contribution in [-0.4, -0.2) is 22.4 Å².